The van der Waals surface area contributed by atoms with E-state index in [9.17, 15) is 32.4 Å². The van der Waals surface area contributed by atoms with Crippen LogP contribution < -0.4 is 10.0 Å². The quantitative estimate of drug-likeness (QED) is 0.178. The number of nitrogens with zero attached hydrogens (tertiary/aromatic N) is 3. The molecule has 13 heteroatoms. The van der Waals surface area contributed by atoms with Crippen LogP contribution in [0.15, 0.2) is 12.7 Å². The van der Waals surface area contributed by atoms with Crippen molar-refractivity contribution in [2.24, 2.45) is 45.3 Å². The van der Waals surface area contributed by atoms with Gasteiger partial charge in [0.15, 0.2) is 11.6 Å². The molecule has 0 radical (unpaired) electrons. The number of fused-ring (bicyclic) bond motifs is 1. The molecule has 316 valence electrons. The van der Waals surface area contributed by atoms with Gasteiger partial charge in [-0.3, -0.25) is 28.9 Å². The standard InChI is InChI=1S/C43H71N5O7S/c1-12-30-23-41(30,39(53)45-56(54,55)46(13-2)14-3)25-35(50)33-24-43(40(10,11)42(43)19-17-20-42)26-48(33)38(52)31(27(4)5)22-34(49)36(28(6)7)44-37(51)32-18-15-16-21-47(32)29(8)9/h12,27-33,36H,1,13-26H2,2-11H3,(H,44,51)(H,45,53)/t30-,31+,32+,33+,36+,41-,43-/m1/s1. The van der Waals surface area contributed by atoms with Crippen LogP contribution in [0.5, 0.6) is 0 Å². The number of carbonyl (C=O) groups is 5. The van der Waals surface area contributed by atoms with Gasteiger partial charge in [0.1, 0.15) is 0 Å². The highest BCUT2D eigenvalue weighted by atomic mass is 32.2. The van der Waals surface area contributed by atoms with Crippen molar-refractivity contribution < 1.29 is 32.4 Å². The second kappa shape index (κ2) is 16.2. The Morgan fingerprint density at radius 3 is 2.02 bits per heavy atom. The number of hydrogen-bond donors (Lipinski definition) is 2. The van der Waals surface area contributed by atoms with Crippen LogP contribution in [0.25, 0.3) is 0 Å². The first-order chi connectivity index (χ1) is 26.1. The number of piperidine rings is 1. The van der Waals surface area contributed by atoms with Crippen LogP contribution in [0.3, 0.4) is 0 Å². The molecule has 56 heavy (non-hydrogen) atoms. The highest BCUT2D eigenvalue weighted by Crippen LogP contribution is 2.88. The molecule has 5 rings (SSSR count). The third-order valence-corrected chi connectivity index (χ3v) is 17.1. The zero-order valence-electron chi connectivity index (χ0n) is 35.9. The van der Waals surface area contributed by atoms with Gasteiger partial charge in [0.2, 0.25) is 17.7 Å². The van der Waals surface area contributed by atoms with E-state index in [4.69, 9.17) is 0 Å². The van der Waals surface area contributed by atoms with E-state index in [1.54, 1.807) is 24.8 Å². The molecule has 2 heterocycles. The molecule has 0 unspecified atom stereocenters. The van der Waals surface area contributed by atoms with Gasteiger partial charge in [0.05, 0.1) is 23.5 Å². The van der Waals surface area contributed by atoms with Gasteiger partial charge in [-0.25, -0.2) is 4.72 Å². The van der Waals surface area contributed by atoms with Crippen LogP contribution in [0, 0.1) is 45.3 Å². The molecule has 7 atom stereocenters. The van der Waals surface area contributed by atoms with Crippen LogP contribution in [0.4, 0.5) is 0 Å². The second-order valence-electron chi connectivity index (χ2n) is 19.3. The number of likely N-dealkylation sites (tertiary alicyclic amines) is 2. The lowest BCUT2D eigenvalue weighted by Gasteiger charge is -2.38. The number of rotatable bonds is 18. The fourth-order valence-electron chi connectivity index (χ4n) is 11.5. The van der Waals surface area contributed by atoms with Gasteiger partial charge in [0.25, 0.3) is 0 Å². The Bertz CT molecular complexity index is 1670. The molecule has 3 aliphatic carbocycles. The summed E-state index contributed by atoms with van der Waals surface area (Å²) in [7, 11) is -4.11. The van der Waals surface area contributed by atoms with E-state index >= 15 is 0 Å². The van der Waals surface area contributed by atoms with Gasteiger partial charge in [-0.05, 0) is 87.5 Å². The molecule has 3 saturated carbocycles. The lowest BCUT2D eigenvalue weighted by molar-refractivity contribution is -0.145. The predicted molar refractivity (Wildman–Crippen MR) is 217 cm³/mol. The average Bonchev–Trinajstić information content (AvgIpc) is 3.84. The van der Waals surface area contributed by atoms with Gasteiger partial charge >= 0.3 is 10.2 Å². The van der Waals surface area contributed by atoms with Crippen LogP contribution in [-0.4, -0.2) is 102 Å². The van der Waals surface area contributed by atoms with Crippen molar-refractivity contribution >= 4 is 39.5 Å². The van der Waals surface area contributed by atoms with Gasteiger partial charge < -0.3 is 10.2 Å². The van der Waals surface area contributed by atoms with Crippen LogP contribution in [-0.2, 0) is 34.2 Å². The van der Waals surface area contributed by atoms with E-state index in [1.165, 1.54) is 4.31 Å². The third-order valence-electron chi connectivity index (χ3n) is 15.5. The molecule has 0 aromatic rings. The Morgan fingerprint density at radius 1 is 0.893 bits per heavy atom. The first-order valence-electron chi connectivity index (χ1n) is 21.5. The summed E-state index contributed by atoms with van der Waals surface area (Å²) in [6, 6.07) is -1.66. The summed E-state index contributed by atoms with van der Waals surface area (Å²) >= 11 is 0. The van der Waals surface area contributed by atoms with Crippen LogP contribution >= 0.6 is 0 Å². The number of carbonyl (C=O) groups excluding carboxylic acids is 5. The molecule has 2 saturated heterocycles. The molecule has 5 fully saturated rings. The lowest BCUT2D eigenvalue weighted by Crippen LogP contribution is -2.56. The maximum Gasteiger partial charge on any atom is 0.303 e. The molecular weight excluding hydrogens is 731 g/mol. The normalized spacial score (nSPS) is 30.4. The molecule has 0 bridgehead atoms. The fourth-order valence-corrected chi connectivity index (χ4v) is 12.7. The number of amides is 3. The Labute approximate surface area is 336 Å². The minimum Gasteiger partial charge on any atom is -0.345 e. The van der Waals surface area contributed by atoms with E-state index < -0.39 is 39.5 Å². The summed E-state index contributed by atoms with van der Waals surface area (Å²) < 4.78 is 29.6. The van der Waals surface area contributed by atoms with Crippen LogP contribution in [0.2, 0.25) is 0 Å². The average molecular weight is 802 g/mol. The molecule has 2 spiro atoms. The molecule has 5 aliphatic rings. The van der Waals surface area contributed by atoms with Crippen molar-refractivity contribution in [3.63, 3.8) is 0 Å². The molecule has 0 aromatic carbocycles. The van der Waals surface area contributed by atoms with Crippen molar-refractivity contribution in [2.75, 3.05) is 26.2 Å². The third kappa shape index (κ3) is 7.44. The maximum atomic E-state index is 15.0. The van der Waals surface area contributed by atoms with Crippen molar-refractivity contribution in [3.8, 4) is 0 Å². The maximum absolute atomic E-state index is 15.0. The zero-order chi connectivity index (χ0) is 41.8. The van der Waals surface area contributed by atoms with Gasteiger partial charge in [0, 0.05) is 49.9 Å². The number of Topliss-reactive ketones (excluding diaryl/α,β-unsaturated/α-hetero) is 2. The van der Waals surface area contributed by atoms with Crippen molar-refractivity contribution in [3.05, 3.63) is 12.7 Å². The fraction of sp³-hybridized carbons (Fsp3) is 0.837. The summed E-state index contributed by atoms with van der Waals surface area (Å²) in [5.74, 6) is -3.06. The summed E-state index contributed by atoms with van der Waals surface area (Å²) in [5.41, 5.74) is -1.60. The lowest BCUT2D eigenvalue weighted by atomic mass is 9.73. The van der Waals surface area contributed by atoms with E-state index in [1.807, 2.05) is 27.7 Å². The van der Waals surface area contributed by atoms with E-state index in [-0.39, 0.29) is 95.4 Å². The molecule has 2 aliphatic heterocycles. The second-order valence-corrected chi connectivity index (χ2v) is 21.0. The molecular formula is C43H71N5O7S. The largest absolute Gasteiger partial charge is 0.345 e. The molecule has 12 nitrogen and oxygen atoms in total. The van der Waals surface area contributed by atoms with Gasteiger partial charge in [-0.15, -0.1) is 6.58 Å². The first-order valence-corrected chi connectivity index (χ1v) is 22.9. The van der Waals surface area contributed by atoms with E-state index in [0.717, 1.165) is 45.1 Å². The van der Waals surface area contributed by atoms with Gasteiger partial charge in [-0.2, -0.15) is 12.7 Å². The van der Waals surface area contributed by atoms with E-state index in [2.05, 4.69) is 49.2 Å². The Balaban J connectivity index is 1.40. The topological polar surface area (TPSA) is 153 Å². The number of ketones is 2. The molecule has 3 amide bonds. The molecule has 2 N–H and O–H groups in total. The summed E-state index contributed by atoms with van der Waals surface area (Å²) in [4.78, 5) is 75.4. The highest BCUT2D eigenvalue weighted by molar-refractivity contribution is 7.87. The Kier molecular flexibility index (Phi) is 12.9. The van der Waals surface area contributed by atoms with Crippen molar-refractivity contribution in [2.45, 2.75) is 158 Å². The minimum absolute atomic E-state index is 0.0306. The molecule has 0 aromatic heterocycles. The van der Waals surface area contributed by atoms with Gasteiger partial charge in [-0.1, -0.05) is 74.3 Å². The monoisotopic (exact) mass is 802 g/mol. The number of hydrogen-bond acceptors (Lipinski definition) is 8. The van der Waals surface area contributed by atoms with E-state index in [0.29, 0.717) is 19.4 Å². The van der Waals surface area contributed by atoms with Crippen molar-refractivity contribution in [1.29, 1.82) is 0 Å². The van der Waals surface area contributed by atoms with Crippen molar-refractivity contribution in [1.82, 2.24) is 24.1 Å². The Morgan fingerprint density at radius 2 is 1.54 bits per heavy atom. The summed E-state index contributed by atoms with van der Waals surface area (Å²) in [6.07, 6.45) is 8.02. The number of nitrogens with one attached hydrogen (secondary N) is 2. The minimum atomic E-state index is -4.11. The smallest absolute Gasteiger partial charge is 0.303 e. The predicted octanol–water partition coefficient (Wildman–Crippen LogP) is 5.27. The summed E-state index contributed by atoms with van der Waals surface area (Å²) in [5, 5.41) is 3.09. The SMILES string of the molecule is C=C[C@@H]1C[C@]1(CC(=O)[C@@H]1C[C@@]2(CN1C(=O)[C@@H](CC(=O)[C@@H](NC(=O)[C@@H]1CCCCN1C(C)C)C(C)C)C(C)C)C(C)(C)C21CCC1)C(=O)NS(=O)(=O)N(CC)CC. The summed E-state index contributed by atoms with van der Waals surface area (Å²) in [6.45, 7) is 25.2. The Hall–Kier alpha value is -2.64. The zero-order valence-corrected chi connectivity index (χ0v) is 36.7. The first kappa shape index (κ1) is 44.5. The number of allylic oxidation sites excluding steroid dienone is 1. The van der Waals surface area contributed by atoms with Crippen LogP contribution in [0.1, 0.15) is 133 Å². The highest BCUT2D eigenvalue weighted by Gasteiger charge is 2.85.